The summed E-state index contributed by atoms with van der Waals surface area (Å²) in [5, 5.41) is 6.05. The van der Waals surface area contributed by atoms with Crippen molar-refractivity contribution >= 4 is 39.0 Å². The number of ketones is 1. The Balaban J connectivity index is 1.98. The average Bonchev–Trinajstić information content (AvgIpc) is 2.71. The fourth-order valence-corrected chi connectivity index (χ4v) is 3.80. The fraction of sp³-hybridized carbons (Fsp3) is 0.182. The maximum absolute atomic E-state index is 13.2. The van der Waals surface area contributed by atoms with Gasteiger partial charge >= 0.3 is 0 Å². The molecule has 0 bridgehead atoms. The van der Waals surface area contributed by atoms with E-state index >= 15 is 0 Å². The van der Waals surface area contributed by atoms with Crippen LogP contribution in [0, 0.1) is 0 Å². The van der Waals surface area contributed by atoms with Crippen LogP contribution in [0.15, 0.2) is 42.6 Å². The number of hydrogen-bond donors (Lipinski definition) is 1. The Kier molecular flexibility index (Phi) is 3.55. The lowest BCUT2D eigenvalue weighted by Crippen LogP contribution is -2.15. The first-order valence-electron chi connectivity index (χ1n) is 9.28. The summed E-state index contributed by atoms with van der Waals surface area (Å²) in [5.41, 5.74) is 4.21. The molecule has 1 N–H and O–H groups in total. The first-order valence-corrected chi connectivity index (χ1v) is 9.28. The van der Waals surface area contributed by atoms with Crippen LogP contribution in [-0.2, 0) is 0 Å². The largest absolute Gasteiger partial charge is 0.378 e. The second kappa shape index (κ2) is 5.99. The number of hydrogen-bond acceptors (Lipinski definition) is 6. The normalized spacial score (nSPS) is 12.3. The van der Waals surface area contributed by atoms with Gasteiger partial charge in [0.15, 0.2) is 0 Å². The Labute approximate surface area is 162 Å². The molecule has 0 unspecified atom stereocenters. The third kappa shape index (κ3) is 2.27. The van der Waals surface area contributed by atoms with E-state index in [-0.39, 0.29) is 5.78 Å². The second-order valence-electron chi connectivity index (χ2n) is 7.09. The zero-order chi connectivity index (χ0) is 19.4. The van der Waals surface area contributed by atoms with Crippen LogP contribution in [0.5, 0.6) is 0 Å². The fourth-order valence-electron chi connectivity index (χ4n) is 3.80. The molecule has 138 valence electrons. The number of nitrogens with one attached hydrogen (secondary N) is 1. The zero-order valence-electron chi connectivity index (χ0n) is 15.9. The molecule has 1 aliphatic rings. The predicted molar refractivity (Wildman–Crippen MR) is 112 cm³/mol. The molecular formula is C22H19N5O. The van der Waals surface area contributed by atoms with E-state index in [1.54, 1.807) is 18.3 Å². The van der Waals surface area contributed by atoms with Gasteiger partial charge < -0.3 is 10.2 Å². The molecule has 0 aliphatic heterocycles. The maximum atomic E-state index is 13.2. The van der Waals surface area contributed by atoms with Gasteiger partial charge in [-0.2, -0.15) is 0 Å². The van der Waals surface area contributed by atoms with E-state index in [4.69, 9.17) is 9.97 Å². The number of fused-ring (bicyclic) bond motifs is 4. The minimum absolute atomic E-state index is 0.0998. The molecule has 0 atom stereocenters. The van der Waals surface area contributed by atoms with E-state index < -0.39 is 0 Å². The molecule has 5 rings (SSSR count). The molecule has 3 heterocycles. The molecule has 0 fully saturated rings. The van der Waals surface area contributed by atoms with Crippen LogP contribution in [0.3, 0.4) is 0 Å². The van der Waals surface area contributed by atoms with Crippen molar-refractivity contribution in [1.82, 2.24) is 15.0 Å². The zero-order valence-corrected chi connectivity index (χ0v) is 15.9. The summed E-state index contributed by atoms with van der Waals surface area (Å²) in [6, 6.07) is 11.7. The van der Waals surface area contributed by atoms with Crippen LogP contribution in [0.25, 0.3) is 33.1 Å². The monoisotopic (exact) mass is 369 g/mol. The van der Waals surface area contributed by atoms with Crippen molar-refractivity contribution in [2.75, 3.05) is 30.9 Å². The van der Waals surface area contributed by atoms with Crippen molar-refractivity contribution in [3.8, 4) is 11.4 Å². The molecule has 0 spiro atoms. The van der Waals surface area contributed by atoms with Crippen molar-refractivity contribution in [2.45, 2.75) is 6.92 Å². The topological polar surface area (TPSA) is 71.0 Å². The third-order valence-electron chi connectivity index (χ3n) is 5.12. The molecule has 0 saturated carbocycles. The van der Waals surface area contributed by atoms with Crippen LogP contribution in [0.4, 0.5) is 11.5 Å². The first kappa shape index (κ1) is 16.6. The number of carbonyl (C=O) groups is 1. The summed E-state index contributed by atoms with van der Waals surface area (Å²) in [6.07, 6.45) is 1.70. The van der Waals surface area contributed by atoms with Crippen molar-refractivity contribution in [1.29, 1.82) is 0 Å². The van der Waals surface area contributed by atoms with Crippen molar-refractivity contribution in [3.63, 3.8) is 0 Å². The highest BCUT2D eigenvalue weighted by Crippen LogP contribution is 2.40. The number of aromatic nitrogens is 3. The first-order chi connectivity index (χ1) is 13.6. The van der Waals surface area contributed by atoms with E-state index in [0.717, 1.165) is 39.7 Å². The second-order valence-corrected chi connectivity index (χ2v) is 7.09. The van der Waals surface area contributed by atoms with Crippen molar-refractivity contribution in [3.05, 3.63) is 53.9 Å². The highest BCUT2D eigenvalue weighted by molar-refractivity contribution is 6.27. The van der Waals surface area contributed by atoms with Crippen molar-refractivity contribution in [2.24, 2.45) is 0 Å². The Morgan fingerprint density at radius 1 is 1.00 bits per heavy atom. The van der Waals surface area contributed by atoms with Gasteiger partial charge in [-0.05, 0) is 48.7 Å². The van der Waals surface area contributed by atoms with Crippen LogP contribution in [0.1, 0.15) is 23.0 Å². The van der Waals surface area contributed by atoms with E-state index in [9.17, 15) is 4.79 Å². The number of benzene rings is 1. The Hall–Kier alpha value is -3.54. The highest BCUT2D eigenvalue weighted by Gasteiger charge is 2.30. The quantitative estimate of drug-likeness (QED) is 0.487. The van der Waals surface area contributed by atoms with E-state index in [1.807, 2.05) is 39.2 Å². The summed E-state index contributed by atoms with van der Waals surface area (Å²) in [6.45, 7) is 2.79. The van der Waals surface area contributed by atoms with Gasteiger partial charge in [-0.15, -0.1) is 0 Å². The molecule has 0 saturated heterocycles. The molecule has 0 amide bonds. The molecule has 0 radical (unpaired) electrons. The Bertz CT molecular complexity index is 1280. The molecule has 3 aromatic heterocycles. The summed E-state index contributed by atoms with van der Waals surface area (Å²) < 4.78 is 0. The number of pyridine rings is 3. The molecule has 6 heteroatoms. The van der Waals surface area contributed by atoms with Crippen LogP contribution in [-0.4, -0.2) is 41.4 Å². The van der Waals surface area contributed by atoms with Gasteiger partial charge in [-0.1, -0.05) is 0 Å². The molecule has 28 heavy (non-hydrogen) atoms. The summed E-state index contributed by atoms with van der Waals surface area (Å²) in [4.78, 5) is 29.2. The molecule has 1 aliphatic carbocycles. The SMILES string of the molecule is CCNc1cc2c3c(nc4ccc(N(C)C)cc42)C(=O)c2cccnc2-c3n1. The van der Waals surface area contributed by atoms with Gasteiger partial charge in [-0.25, -0.2) is 9.97 Å². The summed E-state index contributed by atoms with van der Waals surface area (Å²) in [7, 11) is 4.02. The minimum atomic E-state index is -0.0998. The summed E-state index contributed by atoms with van der Waals surface area (Å²) in [5.74, 6) is 0.668. The molecule has 6 nitrogen and oxygen atoms in total. The lowest BCUT2D eigenvalue weighted by atomic mass is 9.90. The van der Waals surface area contributed by atoms with Gasteiger partial charge in [0.25, 0.3) is 0 Å². The minimum Gasteiger partial charge on any atom is -0.378 e. The lowest BCUT2D eigenvalue weighted by Gasteiger charge is -2.20. The Morgan fingerprint density at radius 2 is 1.86 bits per heavy atom. The predicted octanol–water partition coefficient (Wildman–Crippen LogP) is 3.89. The maximum Gasteiger partial charge on any atom is 0.214 e. The highest BCUT2D eigenvalue weighted by atomic mass is 16.1. The Morgan fingerprint density at radius 3 is 2.64 bits per heavy atom. The lowest BCUT2D eigenvalue weighted by molar-refractivity contribution is 0.103. The van der Waals surface area contributed by atoms with Crippen molar-refractivity contribution < 1.29 is 4.79 Å². The third-order valence-corrected chi connectivity index (χ3v) is 5.12. The van der Waals surface area contributed by atoms with Crippen LogP contribution in [0.2, 0.25) is 0 Å². The number of anilines is 2. The van der Waals surface area contributed by atoms with Gasteiger partial charge in [-0.3, -0.25) is 9.78 Å². The number of nitrogens with zero attached hydrogens (tertiary/aromatic N) is 4. The van der Waals surface area contributed by atoms with Crippen LogP contribution < -0.4 is 10.2 Å². The molecule has 1 aromatic carbocycles. The summed E-state index contributed by atoms with van der Waals surface area (Å²) >= 11 is 0. The number of rotatable bonds is 3. The van der Waals surface area contributed by atoms with Crippen LogP contribution >= 0.6 is 0 Å². The van der Waals surface area contributed by atoms with Gasteiger partial charge in [0.05, 0.1) is 11.1 Å². The number of carbonyl (C=O) groups excluding carboxylic acids is 1. The van der Waals surface area contributed by atoms with Gasteiger partial charge in [0, 0.05) is 43.3 Å². The average molecular weight is 369 g/mol. The molecular weight excluding hydrogens is 350 g/mol. The molecule has 4 aromatic rings. The van der Waals surface area contributed by atoms with Gasteiger partial charge in [0.2, 0.25) is 5.78 Å². The van der Waals surface area contributed by atoms with E-state index in [0.29, 0.717) is 22.6 Å². The standard InChI is InChI=1S/C22H19N5O/c1-4-23-17-11-15-14-10-12(27(2)3)7-8-16(14)25-21-18(15)20(26-17)19-13(22(21)28)6-5-9-24-19/h5-11H,4H2,1-3H3,(H,23,26). The smallest absolute Gasteiger partial charge is 0.214 e. The van der Waals surface area contributed by atoms with E-state index in [1.165, 1.54) is 0 Å². The van der Waals surface area contributed by atoms with E-state index in [2.05, 4.69) is 21.3 Å². The van der Waals surface area contributed by atoms with Gasteiger partial charge in [0.1, 0.15) is 22.9 Å².